The summed E-state index contributed by atoms with van der Waals surface area (Å²) in [5.74, 6) is -0.482. The Morgan fingerprint density at radius 1 is 1.19 bits per heavy atom. The van der Waals surface area contributed by atoms with E-state index in [1.807, 2.05) is 0 Å². The molecule has 1 saturated carbocycles. The molecule has 0 spiro atoms. The van der Waals surface area contributed by atoms with Crippen LogP contribution in [0.25, 0.3) is 0 Å². The highest BCUT2D eigenvalue weighted by molar-refractivity contribution is 7.92. The van der Waals surface area contributed by atoms with Crippen molar-refractivity contribution >= 4 is 21.7 Å². The Kier molecular flexibility index (Phi) is 5.46. The van der Waals surface area contributed by atoms with Gasteiger partial charge >= 0.3 is 0 Å². The maximum absolute atomic E-state index is 12.5. The van der Waals surface area contributed by atoms with Gasteiger partial charge in [0.2, 0.25) is 11.8 Å². The van der Waals surface area contributed by atoms with Gasteiger partial charge in [0.05, 0.1) is 16.1 Å². The van der Waals surface area contributed by atoms with E-state index in [1.54, 1.807) is 35.2 Å². The lowest BCUT2D eigenvalue weighted by atomic mass is 9.90. The average molecular weight is 376 g/mol. The van der Waals surface area contributed by atoms with Crippen LogP contribution in [0.15, 0.2) is 47.9 Å². The molecule has 1 aromatic rings. The minimum absolute atomic E-state index is 0.0906. The van der Waals surface area contributed by atoms with Gasteiger partial charge in [-0.3, -0.25) is 9.59 Å². The van der Waals surface area contributed by atoms with Crippen molar-refractivity contribution < 1.29 is 18.0 Å². The van der Waals surface area contributed by atoms with E-state index in [9.17, 15) is 18.0 Å². The standard InChI is InChI=1S/C19H24N2O4S/c1-2-18(22)21-10-6-7-14(13-21)19(23)20-15-11-17(12-15)26(24,25)16-8-4-3-5-9-16/h2-5,8-9,14-15,17H,1,6-7,10-13H2,(H,20,23). The van der Waals surface area contributed by atoms with Gasteiger partial charge in [-0.15, -0.1) is 0 Å². The van der Waals surface area contributed by atoms with Crippen LogP contribution >= 0.6 is 0 Å². The van der Waals surface area contributed by atoms with Crippen LogP contribution < -0.4 is 5.32 Å². The summed E-state index contributed by atoms with van der Waals surface area (Å²) < 4.78 is 25.1. The Hall–Kier alpha value is -2.15. The van der Waals surface area contributed by atoms with Crippen molar-refractivity contribution in [3.8, 4) is 0 Å². The van der Waals surface area contributed by atoms with E-state index in [-0.39, 0.29) is 23.8 Å². The summed E-state index contributed by atoms with van der Waals surface area (Å²) in [6.07, 6.45) is 3.67. The van der Waals surface area contributed by atoms with Crippen LogP contribution in [0.1, 0.15) is 25.7 Å². The molecule has 1 aromatic carbocycles. The number of carbonyl (C=O) groups is 2. The quantitative estimate of drug-likeness (QED) is 0.790. The predicted molar refractivity (Wildman–Crippen MR) is 98.1 cm³/mol. The minimum Gasteiger partial charge on any atom is -0.353 e. The third-order valence-electron chi connectivity index (χ3n) is 5.23. The summed E-state index contributed by atoms with van der Waals surface area (Å²) in [5, 5.41) is 2.51. The number of piperidine rings is 1. The summed E-state index contributed by atoms with van der Waals surface area (Å²) in [6.45, 7) is 4.53. The number of carbonyl (C=O) groups excluding carboxylic acids is 2. The maximum atomic E-state index is 12.5. The van der Waals surface area contributed by atoms with Gasteiger partial charge in [0.1, 0.15) is 0 Å². The first-order valence-corrected chi connectivity index (χ1v) is 10.5. The molecular weight excluding hydrogens is 352 g/mol. The minimum atomic E-state index is -3.33. The van der Waals surface area contributed by atoms with Gasteiger partial charge in [0.25, 0.3) is 0 Å². The third kappa shape index (κ3) is 3.82. The van der Waals surface area contributed by atoms with Crippen molar-refractivity contribution in [3.63, 3.8) is 0 Å². The number of likely N-dealkylation sites (tertiary alicyclic amines) is 1. The first-order chi connectivity index (χ1) is 12.4. The fraction of sp³-hybridized carbons (Fsp3) is 0.474. The molecule has 3 rings (SSSR count). The number of rotatable bonds is 5. The van der Waals surface area contributed by atoms with Gasteiger partial charge in [-0.1, -0.05) is 24.8 Å². The molecule has 0 radical (unpaired) electrons. The Morgan fingerprint density at radius 3 is 2.54 bits per heavy atom. The summed E-state index contributed by atoms with van der Waals surface area (Å²) in [4.78, 5) is 26.2. The summed E-state index contributed by atoms with van der Waals surface area (Å²) in [6, 6.07) is 8.31. The number of sulfone groups is 1. The van der Waals surface area contributed by atoms with Crippen LogP contribution in [-0.2, 0) is 19.4 Å². The van der Waals surface area contributed by atoms with Crippen LogP contribution in [0.3, 0.4) is 0 Å². The molecule has 1 aliphatic heterocycles. The highest BCUT2D eigenvalue weighted by Gasteiger charge is 2.41. The molecule has 26 heavy (non-hydrogen) atoms. The van der Waals surface area contributed by atoms with Crippen LogP contribution in [0.2, 0.25) is 0 Å². The molecule has 1 aliphatic carbocycles. The van der Waals surface area contributed by atoms with Gasteiger partial charge in [-0.2, -0.15) is 0 Å². The van der Waals surface area contributed by atoms with E-state index in [1.165, 1.54) is 6.08 Å². The zero-order chi connectivity index (χ0) is 18.7. The Morgan fingerprint density at radius 2 is 1.88 bits per heavy atom. The Balaban J connectivity index is 1.52. The zero-order valence-corrected chi connectivity index (χ0v) is 15.5. The molecule has 1 saturated heterocycles. The summed E-state index contributed by atoms with van der Waals surface area (Å²) in [5.41, 5.74) is 0. The monoisotopic (exact) mass is 376 g/mol. The second-order valence-electron chi connectivity index (χ2n) is 6.98. The molecule has 1 atom stereocenters. The lowest BCUT2D eigenvalue weighted by Crippen LogP contribution is -2.53. The van der Waals surface area contributed by atoms with Crippen LogP contribution in [0.5, 0.6) is 0 Å². The van der Waals surface area contributed by atoms with E-state index in [4.69, 9.17) is 0 Å². The number of nitrogens with zero attached hydrogens (tertiary/aromatic N) is 1. The molecule has 1 N–H and O–H groups in total. The van der Waals surface area contributed by atoms with Crippen molar-refractivity contribution in [2.75, 3.05) is 13.1 Å². The highest BCUT2D eigenvalue weighted by atomic mass is 32.2. The molecule has 2 amide bonds. The molecule has 0 bridgehead atoms. The molecule has 140 valence electrons. The van der Waals surface area contributed by atoms with Crippen molar-refractivity contribution in [1.29, 1.82) is 0 Å². The smallest absolute Gasteiger partial charge is 0.245 e. The van der Waals surface area contributed by atoms with Gasteiger partial charge in [-0.05, 0) is 43.9 Å². The van der Waals surface area contributed by atoms with Gasteiger partial charge in [0.15, 0.2) is 9.84 Å². The maximum Gasteiger partial charge on any atom is 0.245 e. The first-order valence-electron chi connectivity index (χ1n) is 8.92. The van der Waals surface area contributed by atoms with Gasteiger partial charge in [-0.25, -0.2) is 8.42 Å². The number of nitrogens with one attached hydrogen (secondary N) is 1. The SMILES string of the molecule is C=CC(=O)N1CCCC(C(=O)NC2CC(S(=O)(=O)c3ccccc3)C2)C1. The molecular formula is C19H24N2O4S. The molecule has 2 aliphatic rings. The van der Waals surface area contributed by atoms with Gasteiger partial charge < -0.3 is 10.2 Å². The van der Waals surface area contributed by atoms with Gasteiger partial charge in [0, 0.05) is 19.1 Å². The number of hydrogen-bond donors (Lipinski definition) is 1. The van der Waals surface area contributed by atoms with E-state index >= 15 is 0 Å². The van der Waals surface area contributed by atoms with E-state index in [0.717, 1.165) is 12.8 Å². The number of amides is 2. The second kappa shape index (κ2) is 7.61. The van der Waals surface area contributed by atoms with Crippen molar-refractivity contribution in [2.24, 2.45) is 5.92 Å². The molecule has 2 fully saturated rings. The van der Waals surface area contributed by atoms with Crippen LogP contribution in [0, 0.1) is 5.92 Å². The molecule has 7 heteroatoms. The summed E-state index contributed by atoms with van der Waals surface area (Å²) >= 11 is 0. The van der Waals surface area contributed by atoms with Crippen LogP contribution in [-0.4, -0.2) is 49.5 Å². The Labute approximate surface area is 154 Å². The predicted octanol–water partition coefficient (Wildman–Crippen LogP) is 1.53. The summed E-state index contributed by atoms with van der Waals surface area (Å²) in [7, 11) is -3.33. The normalized spacial score (nSPS) is 25.8. The third-order valence-corrected chi connectivity index (χ3v) is 7.42. The largest absolute Gasteiger partial charge is 0.353 e. The number of benzene rings is 1. The zero-order valence-electron chi connectivity index (χ0n) is 14.6. The lowest BCUT2D eigenvalue weighted by Gasteiger charge is -2.37. The fourth-order valence-electron chi connectivity index (χ4n) is 3.58. The van der Waals surface area contributed by atoms with E-state index in [2.05, 4.69) is 11.9 Å². The molecule has 0 aromatic heterocycles. The average Bonchev–Trinajstić information content (AvgIpc) is 2.64. The van der Waals surface area contributed by atoms with Crippen molar-refractivity contribution in [1.82, 2.24) is 10.2 Å². The second-order valence-corrected chi connectivity index (χ2v) is 9.21. The van der Waals surface area contributed by atoms with E-state index in [0.29, 0.717) is 30.8 Å². The molecule has 1 heterocycles. The lowest BCUT2D eigenvalue weighted by molar-refractivity contribution is -0.132. The first kappa shape index (κ1) is 18.6. The van der Waals surface area contributed by atoms with Crippen molar-refractivity contribution in [3.05, 3.63) is 43.0 Å². The molecule has 1 unspecified atom stereocenters. The highest BCUT2D eigenvalue weighted by Crippen LogP contribution is 2.32. The Bertz CT molecular complexity index is 785. The topological polar surface area (TPSA) is 83.6 Å². The number of hydrogen-bond acceptors (Lipinski definition) is 4. The van der Waals surface area contributed by atoms with E-state index < -0.39 is 15.1 Å². The fourth-order valence-corrected chi connectivity index (χ4v) is 5.47. The van der Waals surface area contributed by atoms with Crippen molar-refractivity contribution in [2.45, 2.75) is 41.9 Å². The molecule has 6 nitrogen and oxygen atoms in total. The van der Waals surface area contributed by atoms with Crippen LogP contribution in [0.4, 0.5) is 0 Å².